The molecule has 1 aromatic carbocycles. The number of amides is 1. The summed E-state index contributed by atoms with van der Waals surface area (Å²) in [5, 5.41) is 12.2. The summed E-state index contributed by atoms with van der Waals surface area (Å²) in [6, 6.07) is 9.06. The Kier molecular flexibility index (Phi) is 3.99. The van der Waals surface area contributed by atoms with Crippen LogP contribution in [0.2, 0.25) is 0 Å². The Morgan fingerprint density at radius 2 is 1.96 bits per heavy atom. The molecule has 1 aliphatic carbocycles. The summed E-state index contributed by atoms with van der Waals surface area (Å²) in [7, 11) is -3.63. The van der Waals surface area contributed by atoms with Gasteiger partial charge in [-0.05, 0) is 44.2 Å². The average Bonchev–Trinajstić information content (AvgIpc) is 2.90. The van der Waals surface area contributed by atoms with Crippen molar-refractivity contribution in [1.29, 1.82) is 5.26 Å². The van der Waals surface area contributed by atoms with Gasteiger partial charge in [-0.15, -0.1) is 4.40 Å². The quantitative estimate of drug-likeness (QED) is 0.845. The van der Waals surface area contributed by atoms with Crippen LogP contribution in [0.5, 0.6) is 0 Å². The molecule has 8 heteroatoms. The minimum atomic E-state index is -3.63. The SMILES string of the molecule is N#CC1(NC(=O)C2CCN(C3=NS(=O)(=O)c4ccccc43)CC2)CCC1. The van der Waals surface area contributed by atoms with Crippen molar-refractivity contribution in [2.24, 2.45) is 10.3 Å². The Morgan fingerprint density at radius 3 is 2.58 bits per heavy atom. The van der Waals surface area contributed by atoms with Gasteiger partial charge < -0.3 is 10.2 Å². The number of carbonyl (C=O) groups excluding carboxylic acids is 1. The molecule has 136 valence electrons. The maximum Gasteiger partial charge on any atom is 0.285 e. The molecule has 0 bridgehead atoms. The highest BCUT2D eigenvalue weighted by Gasteiger charge is 2.41. The summed E-state index contributed by atoms with van der Waals surface area (Å²) in [6.45, 7) is 1.14. The predicted octanol–water partition coefficient (Wildman–Crippen LogP) is 1.41. The molecule has 4 rings (SSSR count). The third-order valence-electron chi connectivity index (χ3n) is 5.56. The van der Waals surface area contributed by atoms with Crippen LogP contribution in [-0.4, -0.2) is 43.7 Å². The maximum atomic E-state index is 12.5. The topological polar surface area (TPSA) is 103 Å². The third-order valence-corrected chi connectivity index (χ3v) is 6.89. The van der Waals surface area contributed by atoms with Gasteiger partial charge in [0.1, 0.15) is 10.4 Å². The number of fused-ring (bicyclic) bond motifs is 1. The van der Waals surface area contributed by atoms with Gasteiger partial charge >= 0.3 is 0 Å². The van der Waals surface area contributed by atoms with Crippen LogP contribution in [0.1, 0.15) is 37.7 Å². The lowest BCUT2D eigenvalue weighted by Crippen LogP contribution is -2.55. The van der Waals surface area contributed by atoms with Gasteiger partial charge in [0.2, 0.25) is 5.91 Å². The molecule has 0 spiro atoms. The number of likely N-dealkylation sites (tertiary alicyclic amines) is 1. The number of carbonyl (C=O) groups is 1. The van der Waals surface area contributed by atoms with E-state index < -0.39 is 15.6 Å². The molecule has 7 nitrogen and oxygen atoms in total. The summed E-state index contributed by atoms with van der Waals surface area (Å²) >= 11 is 0. The Hall–Kier alpha value is -2.40. The fraction of sp³-hybridized carbons (Fsp3) is 0.500. The van der Waals surface area contributed by atoms with Crippen molar-refractivity contribution < 1.29 is 13.2 Å². The number of nitrogens with zero attached hydrogens (tertiary/aromatic N) is 3. The summed E-state index contributed by atoms with van der Waals surface area (Å²) in [4.78, 5) is 14.7. The van der Waals surface area contributed by atoms with Crippen LogP contribution in [0.25, 0.3) is 0 Å². The summed E-state index contributed by atoms with van der Waals surface area (Å²) in [6.07, 6.45) is 3.65. The first-order valence-electron chi connectivity index (χ1n) is 8.87. The van der Waals surface area contributed by atoms with Crippen molar-refractivity contribution in [2.45, 2.75) is 42.5 Å². The van der Waals surface area contributed by atoms with E-state index in [1.807, 2.05) is 4.90 Å². The fourth-order valence-electron chi connectivity index (χ4n) is 3.80. The molecular formula is C18H20N4O3S. The van der Waals surface area contributed by atoms with Gasteiger partial charge in [-0.3, -0.25) is 4.79 Å². The van der Waals surface area contributed by atoms with Gasteiger partial charge in [-0.25, -0.2) is 0 Å². The van der Waals surface area contributed by atoms with E-state index in [1.54, 1.807) is 24.3 Å². The first-order valence-corrected chi connectivity index (χ1v) is 10.3. The molecule has 1 saturated heterocycles. The Balaban J connectivity index is 1.43. The average molecular weight is 372 g/mol. The number of nitrogens with one attached hydrogen (secondary N) is 1. The second kappa shape index (κ2) is 6.09. The van der Waals surface area contributed by atoms with Crippen molar-refractivity contribution >= 4 is 21.8 Å². The lowest BCUT2D eigenvalue weighted by Gasteiger charge is -2.38. The van der Waals surface area contributed by atoms with Gasteiger partial charge in [-0.1, -0.05) is 12.1 Å². The Labute approximate surface area is 152 Å². The van der Waals surface area contributed by atoms with Crippen LogP contribution in [0.3, 0.4) is 0 Å². The fourth-order valence-corrected chi connectivity index (χ4v) is 5.03. The van der Waals surface area contributed by atoms with Gasteiger partial charge in [0.15, 0.2) is 5.84 Å². The minimum absolute atomic E-state index is 0.0627. The van der Waals surface area contributed by atoms with E-state index in [9.17, 15) is 18.5 Å². The number of sulfonamides is 1. The van der Waals surface area contributed by atoms with Crippen molar-refractivity contribution in [3.63, 3.8) is 0 Å². The van der Waals surface area contributed by atoms with Crippen LogP contribution >= 0.6 is 0 Å². The first kappa shape index (κ1) is 17.0. The van der Waals surface area contributed by atoms with Crippen molar-refractivity contribution in [3.05, 3.63) is 29.8 Å². The van der Waals surface area contributed by atoms with Gasteiger partial charge in [0.05, 0.1) is 6.07 Å². The van der Waals surface area contributed by atoms with Crippen molar-refractivity contribution in [2.75, 3.05) is 13.1 Å². The number of rotatable bonds is 2. The minimum Gasteiger partial charge on any atom is -0.355 e. The second-order valence-electron chi connectivity index (χ2n) is 7.18. The molecule has 3 aliphatic rings. The second-order valence-corrected chi connectivity index (χ2v) is 8.76. The molecule has 0 radical (unpaired) electrons. The number of hydrogen-bond acceptors (Lipinski definition) is 5. The Morgan fingerprint density at radius 1 is 1.27 bits per heavy atom. The largest absolute Gasteiger partial charge is 0.355 e. The summed E-state index contributed by atoms with van der Waals surface area (Å²) < 4.78 is 28.3. The van der Waals surface area contributed by atoms with E-state index in [0.717, 1.165) is 19.3 Å². The molecular weight excluding hydrogens is 352 g/mol. The molecule has 1 amide bonds. The molecule has 1 N–H and O–H groups in total. The molecule has 1 aromatic rings. The number of hydrogen-bond donors (Lipinski definition) is 1. The van der Waals surface area contributed by atoms with Crippen LogP contribution in [0.4, 0.5) is 0 Å². The molecule has 2 heterocycles. The summed E-state index contributed by atoms with van der Waals surface area (Å²) in [5.74, 6) is 0.269. The zero-order valence-corrected chi connectivity index (χ0v) is 15.1. The molecule has 2 fully saturated rings. The smallest absolute Gasteiger partial charge is 0.285 e. The highest BCUT2D eigenvalue weighted by Crippen LogP contribution is 2.33. The zero-order chi connectivity index (χ0) is 18.4. The predicted molar refractivity (Wildman–Crippen MR) is 94.8 cm³/mol. The summed E-state index contributed by atoms with van der Waals surface area (Å²) in [5.41, 5.74) is -0.0372. The molecule has 1 saturated carbocycles. The lowest BCUT2D eigenvalue weighted by molar-refractivity contribution is -0.128. The third kappa shape index (κ3) is 2.76. The van der Waals surface area contributed by atoms with Crippen molar-refractivity contribution in [3.8, 4) is 6.07 Å². The van der Waals surface area contributed by atoms with Crippen LogP contribution < -0.4 is 5.32 Å². The van der Waals surface area contributed by atoms with E-state index >= 15 is 0 Å². The monoisotopic (exact) mass is 372 g/mol. The highest BCUT2D eigenvalue weighted by molar-refractivity contribution is 7.90. The number of nitriles is 1. The van der Waals surface area contributed by atoms with E-state index in [1.165, 1.54) is 0 Å². The number of benzene rings is 1. The van der Waals surface area contributed by atoms with Crippen LogP contribution in [-0.2, 0) is 14.8 Å². The molecule has 26 heavy (non-hydrogen) atoms. The first-order chi connectivity index (χ1) is 12.4. The normalized spacial score (nSPS) is 23.3. The van der Waals surface area contributed by atoms with E-state index in [-0.39, 0.29) is 16.7 Å². The molecule has 0 unspecified atom stereocenters. The van der Waals surface area contributed by atoms with E-state index in [4.69, 9.17) is 0 Å². The lowest BCUT2D eigenvalue weighted by atomic mass is 9.77. The zero-order valence-electron chi connectivity index (χ0n) is 14.3. The number of piperidine rings is 1. The highest BCUT2D eigenvalue weighted by atomic mass is 32.2. The van der Waals surface area contributed by atoms with Gasteiger partial charge in [0, 0.05) is 24.6 Å². The van der Waals surface area contributed by atoms with Gasteiger partial charge in [0.25, 0.3) is 10.0 Å². The maximum absolute atomic E-state index is 12.5. The van der Waals surface area contributed by atoms with Crippen molar-refractivity contribution in [1.82, 2.24) is 10.2 Å². The standard InChI is InChI=1S/C18H20N4O3S/c19-12-18(8-3-9-18)20-17(23)13-6-10-22(11-7-13)16-14-4-1-2-5-15(14)26(24,25)21-16/h1-2,4-5,13H,3,6-11H2,(H,20,23). The van der Waals surface area contributed by atoms with Crippen LogP contribution in [0.15, 0.2) is 33.6 Å². The van der Waals surface area contributed by atoms with Crippen LogP contribution in [0, 0.1) is 17.2 Å². The molecule has 0 aromatic heterocycles. The van der Waals surface area contributed by atoms with Gasteiger partial charge in [-0.2, -0.15) is 13.7 Å². The molecule has 0 atom stereocenters. The molecule has 2 aliphatic heterocycles. The number of amidine groups is 1. The van der Waals surface area contributed by atoms with E-state index in [2.05, 4.69) is 15.8 Å². The Bertz CT molecular complexity index is 920. The van der Waals surface area contributed by atoms with E-state index in [0.29, 0.717) is 37.3 Å².